The Labute approximate surface area is 170 Å². The minimum atomic E-state index is -3.16. The molecule has 0 radical (unpaired) electrons. The maximum absolute atomic E-state index is 15.0. The minimum Gasteiger partial charge on any atom is -0.390 e. The van der Waals surface area contributed by atoms with E-state index in [0.29, 0.717) is 6.92 Å². The lowest BCUT2D eigenvalue weighted by Crippen LogP contribution is -2.21. The third-order valence-corrected chi connectivity index (χ3v) is 5.35. The van der Waals surface area contributed by atoms with Crippen LogP contribution in [0.5, 0.6) is 0 Å². The number of halogens is 3. The second kappa shape index (κ2) is 7.12. The highest BCUT2D eigenvalue weighted by Crippen LogP contribution is 2.45. The predicted molar refractivity (Wildman–Crippen MR) is 105 cm³/mol. The van der Waals surface area contributed by atoms with E-state index >= 15 is 0 Å². The highest BCUT2D eigenvalue weighted by molar-refractivity contribution is 5.78. The van der Waals surface area contributed by atoms with Crippen LogP contribution in [-0.4, -0.2) is 39.0 Å². The van der Waals surface area contributed by atoms with Gasteiger partial charge in [0.25, 0.3) is 11.5 Å². The van der Waals surface area contributed by atoms with Crippen molar-refractivity contribution in [3.63, 3.8) is 0 Å². The molecule has 1 aliphatic carbocycles. The number of nitrogens with one attached hydrogen (secondary N) is 1. The second-order valence-corrected chi connectivity index (χ2v) is 7.94. The number of hydrogen-bond acceptors (Lipinski definition) is 5. The number of aliphatic hydroxyl groups excluding tert-OH is 1. The first-order valence-electron chi connectivity index (χ1n) is 9.59. The van der Waals surface area contributed by atoms with Crippen LogP contribution in [0.15, 0.2) is 23.0 Å². The number of hydrogen-bond donors (Lipinski definition) is 2. The van der Waals surface area contributed by atoms with Crippen LogP contribution < -0.4 is 10.5 Å². The van der Waals surface area contributed by atoms with Crippen molar-refractivity contribution < 1.29 is 18.3 Å². The standard InChI is InChI=1S/C20H22F3N5O2/c1-20(22,23)11-6-7-12(13(21)8-11)16(10-4-5-10)28-17-15(14(9-29)26-28)18(30)25-19(24-17)27(2)3/h6-8,10,16,29H,4-5,9H2,1-3H3,(H,24,25,30)/t16-/m1/s1. The zero-order chi connectivity index (χ0) is 21.8. The van der Waals surface area contributed by atoms with E-state index in [1.54, 1.807) is 19.0 Å². The smallest absolute Gasteiger partial charge is 0.270 e. The van der Waals surface area contributed by atoms with Gasteiger partial charge in [0.2, 0.25) is 5.95 Å². The van der Waals surface area contributed by atoms with E-state index < -0.39 is 35.5 Å². The van der Waals surface area contributed by atoms with Gasteiger partial charge >= 0.3 is 0 Å². The molecule has 3 aromatic rings. The number of anilines is 1. The second-order valence-electron chi connectivity index (χ2n) is 7.94. The Morgan fingerprint density at radius 2 is 2.07 bits per heavy atom. The molecule has 7 nitrogen and oxygen atoms in total. The summed E-state index contributed by atoms with van der Waals surface area (Å²) in [5.74, 6) is -3.62. The summed E-state index contributed by atoms with van der Waals surface area (Å²) in [6.45, 7) is 0.226. The number of H-pyrrole nitrogens is 1. The molecule has 10 heteroatoms. The van der Waals surface area contributed by atoms with Crippen LogP contribution in [0.25, 0.3) is 11.0 Å². The van der Waals surface area contributed by atoms with Crippen molar-refractivity contribution in [2.45, 2.75) is 38.3 Å². The van der Waals surface area contributed by atoms with E-state index in [4.69, 9.17) is 0 Å². The third-order valence-electron chi connectivity index (χ3n) is 5.35. The summed E-state index contributed by atoms with van der Waals surface area (Å²) in [6.07, 6.45) is 1.60. The molecule has 1 aliphatic rings. The van der Waals surface area contributed by atoms with Crippen LogP contribution in [0, 0.1) is 11.7 Å². The maximum Gasteiger partial charge on any atom is 0.270 e. The molecular weight excluding hydrogens is 399 g/mol. The minimum absolute atomic E-state index is 0.0195. The highest BCUT2D eigenvalue weighted by Gasteiger charge is 2.38. The van der Waals surface area contributed by atoms with E-state index in [2.05, 4.69) is 15.1 Å². The molecule has 0 aliphatic heterocycles. The lowest BCUT2D eigenvalue weighted by Gasteiger charge is -2.21. The van der Waals surface area contributed by atoms with Gasteiger partial charge in [0, 0.05) is 32.1 Å². The third kappa shape index (κ3) is 3.45. The topological polar surface area (TPSA) is 87.0 Å². The fourth-order valence-corrected chi connectivity index (χ4v) is 3.66. The van der Waals surface area contributed by atoms with Gasteiger partial charge in [-0.05, 0) is 24.8 Å². The van der Waals surface area contributed by atoms with Gasteiger partial charge in [0.1, 0.15) is 16.9 Å². The van der Waals surface area contributed by atoms with Crippen LogP contribution in [0.4, 0.5) is 19.1 Å². The highest BCUT2D eigenvalue weighted by atomic mass is 19.3. The van der Waals surface area contributed by atoms with Crippen LogP contribution in [0.1, 0.15) is 42.6 Å². The average Bonchev–Trinajstić information content (AvgIpc) is 3.43. The van der Waals surface area contributed by atoms with Crippen LogP contribution in [-0.2, 0) is 12.5 Å². The van der Waals surface area contributed by atoms with Gasteiger partial charge < -0.3 is 10.0 Å². The predicted octanol–water partition coefficient (Wildman–Crippen LogP) is 2.93. The van der Waals surface area contributed by atoms with Gasteiger partial charge in [-0.25, -0.2) is 17.9 Å². The molecule has 2 aromatic heterocycles. The number of aromatic amines is 1. The van der Waals surface area contributed by atoms with Gasteiger partial charge in [0.05, 0.1) is 12.6 Å². The Morgan fingerprint density at radius 3 is 2.60 bits per heavy atom. The van der Waals surface area contributed by atoms with Crippen LogP contribution >= 0.6 is 0 Å². The first-order valence-corrected chi connectivity index (χ1v) is 9.59. The number of benzene rings is 1. The molecule has 1 atom stereocenters. The van der Waals surface area contributed by atoms with E-state index in [-0.39, 0.29) is 34.2 Å². The number of aromatic nitrogens is 4. The quantitative estimate of drug-likeness (QED) is 0.639. The largest absolute Gasteiger partial charge is 0.390 e. The van der Waals surface area contributed by atoms with E-state index in [9.17, 15) is 23.1 Å². The summed E-state index contributed by atoms with van der Waals surface area (Å²) in [7, 11) is 3.42. The summed E-state index contributed by atoms with van der Waals surface area (Å²) < 4.78 is 43.6. The summed E-state index contributed by atoms with van der Waals surface area (Å²) in [5.41, 5.74) is -0.327. The average molecular weight is 421 g/mol. The lowest BCUT2D eigenvalue weighted by atomic mass is 9.98. The van der Waals surface area contributed by atoms with Crippen molar-refractivity contribution in [2.24, 2.45) is 5.92 Å². The zero-order valence-electron chi connectivity index (χ0n) is 16.8. The maximum atomic E-state index is 15.0. The number of rotatable bonds is 6. The Balaban J connectivity index is 1.94. The van der Waals surface area contributed by atoms with E-state index in [1.807, 2.05) is 0 Å². The fourth-order valence-electron chi connectivity index (χ4n) is 3.66. The first kappa shape index (κ1) is 20.4. The molecule has 2 heterocycles. The molecule has 4 rings (SSSR count). The molecule has 30 heavy (non-hydrogen) atoms. The molecule has 0 saturated heterocycles. The van der Waals surface area contributed by atoms with Crippen molar-refractivity contribution in [2.75, 3.05) is 19.0 Å². The molecule has 160 valence electrons. The SMILES string of the molecule is CN(C)c1nc2c(c(CO)nn2[C@@H](c2ccc(C(C)(F)F)cc2F)C2CC2)c(=O)[nH]1. The van der Waals surface area contributed by atoms with Crippen molar-refractivity contribution in [3.8, 4) is 0 Å². The summed E-state index contributed by atoms with van der Waals surface area (Å²) in [6, 6.07) is 2.76. The molecule has 0 bridgehead atoms. The van der Waals surface area contributed by atoms with Crippen molar-refractivity contribution in [1.82, 2.24) is 19.7 Å². The van der Waals surface area contributed by atoms with Gasteiger partial charge in [0.15, 0.2) is 5.65 Å². The van der Waals surface area contributed by atoms with Crippen LogP contribution in [0.2, 0.25) is 0 Å². The number of aliphatic hydroxyl groups is 1. The normalized spacial score (nSPS) is 15.6. The molecule has 0 amide bonds. The molecular formula is C20H22F3N5O2. The van der Waals surface area contributed by atoms with E-state index in [1.165, 1.54) is 16.8 Å². The number of nitrogens with zero attached hydrogens (tertiary/aromatic N) is 4. The Hall–Kier alpha value is -2.88. The lowest BCUT2D eigenvalue weighted by molar-refractivity contribution is 0.0171. The van der Waals surface area contributed by atoms with Crippen molar-refractivity contribution >= 4 is 17.0 Å². The molecule has 0 spiro atoms. The molecule has 0 unspecified atom stereocenters. The Morgan fingerprint density at radius 1 is 1.37 bits per heavy atom. The fraction of sp³-hybridized carbons (Fsp3) is 0.450. The summed E-state index contributed by atoms with van der Waals surface area (Å²) >= 11 is 0. The van der Waals surface area contributed by atoms with Gasteiger partial charge in [-0.15, -0.1) is 0 Å². The molecule has 2 N–H and O–H groups in total. The summed E-state index contributed by atoms with van der Waals surface area (Å²) in [4.78, 5) is 21.3. The Bertz CT molecular complexity index is 1160. The monoisotopic (exact) mass is 421 g/mol. The van der Waals surface area contributed by atoms with Gasteiger partial charge in [-0.2, -0.15) is 10.1 Å². The number of fused-ring (bicyclic) bond motifs is 1. The molecule has 1 aromatic carbocycles. The zero-order valence-corrected chi connectivity index (χ0v) is 16.8. The van der Waals surface area contributed by atoms with Crippen molar-refractivity contribution in [3.05, 3.63) is 51.2 Å². The van der Waals surface area contributed by atoms with Crippen LogP contribution in [0.3, 0.4) is 0 Å². The van der Waals surface area contributed by atoms with Gasteiger partial charge in [-0.1, -0.05) is 12.1 Å². The van der Waals surface area contributed by atoms with Gasteiger partial charge in [-0.3, -0.25) is 9.78 Å². The number of alkyl halides is 2. The Kier molecular flexibility index (Phi) is 4.84. The van der Waals surface area contributed by atoms with Crippen molar-refractivity contribution in [1.29, 1.82) is 0 Å². The first-order chi connectivity index (χ1) is 14.1. The molecule has 1 fully saturated rings. The summed E-state index contributed by atoms with van der Waals surface area (Å²) in [5, 5.41) is 14.2. The molecule has 1 saturated carbocycles. The van der Waals surface area contributed by atoms with E-state index in [0.717, 1.165) is 18.9 Å².